The average Bonchev–Trinajstić information content (AvgIpc) is 3.11. The monoisotopic (exact) mass is 258 g/mol. The maximum Gasteiger partial charge on any atom is 0.00980 e. The van der Waals surface area contributed by atoms with Crippen LogP contribution >= 0.6 is 0 Å². The van der Waals surface area contributed by atoms with Gasteiger partial charge in [0.1, 0.15) is 0 Å². The van der Waals surface area contributed by atoms with Crippen LogP contribution in [-0.2, 0) is 0 Å². The fourth-order valence-electron chi connectivity index (χ4n) is 3.75. The lowest BCUT2D eigenvalue weighted by molar-refractivity contribution is 0.691. The van der Waals surface area contributed by atoms with Crippen molar-refractivity contribution in [1.82, 2.24) is 0 Å². The predicted molar refractivity (Wildman–Crippen MR) is 83.8 cm³/mol. The molecule has 0 bridgehead atoms. The van der Waals surface area contributed by atoms with Crippen molar-refractivity contribution in [2.24, 2.45) is 0 Å². The third kappa shape index (κ3) is 1.84. The lowest BCUT2D eigenvalue weighted by atomic mass is 9.87. The van der Waals surface area contributed by atoms with Gasteiger partial charge in [-0.3, -0.25) is 0 Å². The van der Waals surface area contributed by atoms with Gasteiger partial charge in [-0.05, 0) is 29.5 Å². The minimum atomic E-state index is 0.579. The zero-order chi connectivity index (χ0) is 13.4. The number of hydrogen-bond donors (Lipinski definition) is 0. The van der Waals surface area contributed by atoms with Gasteiger partial charge in [-0.25, -0.2) is 0 Å². The summed E-state index contributed by atoms with van der Waals surface area (Å²) in [4.78, 5) is 0. The zero-order valence-corrected chi connectivity index (χ0v) is 11.5. The van der Waals surface area contributed by atoms with E-state index in [0.29, 0.717) is 11.8 Å². The normalized spacial score (nSPS) is 24.2. The van der Waals surface area contributed by atoms with Crippen LogP contribution in [0.25, 0.3) is 0 Å². The van der Waals surface area contributed by atoms with Crippen molar-refractivity contribution in [2.75, 3.05) is 0 Å². The largest absolute Gasteiger partial charge is 0.0801 e. The highest BCUT2D eigenvalue weighted by Crippen LogP contribution is 2.51. The van der Waals surface area contributed by atoms with Crippen molar-refractivity contribution in [1.29, 1.82) is 0 Å². The minimum Gasteiger partial charge on any atom is -0.0801 e. The van der Waals surface area contributed by atoms with Crippen LogP contribution in [0.4, 0.5) is 0 Å². The Morgan fingerprint density at radius 1 is 0.700 bits per heavy atom. The summed E-state index contributed by atoms with van der Waals surface area (Å²) in [5, 5.41) is 0. The number of rotatable bonds is 2. The van der Waals surface area contributed by atoms with Gasteiger partial charge in [0.2, 0.25) is 0 Å². The number of hydrogen-bond acceptors (Lipinski definition) is 0. The van der Waals surface area contributed by atoms with Crippen molar-refractivity contribution in [3.63, 3.8) is 0 Å². The van der Waals surface area contributed by atoms with E-state index in [1.54, 1.807) is 11.1 Å². The van der Waals surface area contributed by atoms with Gasteiger partial charge in [-0.2, -0.15) is 0 Å². The Morgan fingerprint density at radius 3 is 1.95 bits per heavy atom. The quantitative estimate of drug-likeness (QED) is 0.693. The Hall–Kier alpha value is -2.08. The summed E-state index contributed by atoms with van der Waals surface area (Å²) >= 11 is 0. The van der Waals surface area contributed by atoms with Crippen LogP contribution in [0.1, 0.15) is 35.8 Å². The Kier molecular flexibility index (Phi) is 2.81. The van der Waals surface area contributed by atoms with E-state index in [2.05, 4.69) is 72.8 Å². The zero-order valence-electron chi connectivity index (χ0n) is 11.5. The lowest BCUT2D eigenvalue weighted by Crippen LogP contribution is -2.00. The molecule has 0 fully saturated rings. The first-order chi connectivity index (χ1) is 9.93. The van der Waals surface area contributed by atoms with Crippen LogP contribution in [-0.4, -0.2) is 0 Å². The van der Waals surface area contributed by atoms with Gasteiger partial charge in [0.25, 0.3) is 0 Å². The highest BCUT2D eigenvalue weighted by molar-refractivity contribution is 5.52. The summed E-state index contributed by atoms with van der Waals surface area (Å²) in [6, 6.07) is 21.9. The van der Waals surface area contributed by atoms with Gasteiger partial charge in [0.05, 0.1) is 0 Å². The van der Waals surface area contributed by atoms with Gasteiger partial charge >= 0.3 is 0 Å². The molecule has 2 aromatic rings. The van der Waals surface area contributed by atoms with Crippen molar-refractivity contribution in [3.05, 3.63) is 95.1 Å². The molecule has 98 valence electrons. The van der Waals surface area contributed by atoms with Crippen LogP contribution in [0.3, 0.4) is 0 Å². The van der Waals surface area contributed by atoms with E-state index in [9.17, 15) is 0 Å². The summed E-state index contributed by atoms with van der Waals surface area (Å²) in [5.41, 5.74) is 6.15. The van der Waals surface area contributed by atoms with Crippen LogP contribution < -0.4 is 0 Å². The van der Waals surface area contributed by atoms with E-state index in [4.69, 9.17) is 0 Å². The highest BCUT2D eigenvalue weighted by Gasteiger charge is 2.35. The molecule has 2 atom stereocenters. The van der Waals surface area contributed by atoms with Gasteiger partial charge in [-0.15, -0.1) is 0 Å². The van der Waals surface area contributed by atoms with Crippen molar-refractivity contribution in [2.45, 2.75) is 24.7 Å². The summed E-state index contributed by atoms with van der Waals surface area (Å²) in [5.74, 6) is 1.18. The van der Waals surface area contributed by atoms with E-state index in [1.165, 1.54) is 17.5 Å². The molecule has 0 saturated heterocycles. The van der Waals surface area contributed by atoms with Crippen LogP contribution in [0.2, 0.25) is 0 Å². The first kappa shape index (κ1) is 11.7. The molecular formula is C20H18. The summed E-state index contributed by atoms with van der Waals surface area (Å²) in [7, 11) is 0. The fraction of sp³-hybridized carbons (Fsp3) is 0.200. The Labute approximate surface area is 120 Å². The van der Waals surface area contributed by atoms with E-state index in [1.807, 2.05) is 0 Å². The number of benzene rings is 2. The molecule has 0 amide bonds. The molecule has 0 heteroatoms. The molecule has 0 aliphatic heterocycles. The second kappa shape index (κ2) is 4.79. The summed E-state index contributed by atoms with van der Waals surface area (Å²) in [6.45, 7) is 0. The molecule has 0 aromatic heterocycles. The molecule has 0 nitrogen and oxygen atoms in total. The smallest absolute Gasteiger partial charge is 0.00980 e. The Balaban J connectivity index is 1.74. The first-order valence-corrected chi connectivity index (χ1v) is 7.43. The van der Waals surface area contributed by atoms with Gasteiger partial charge < -0.3 is 0 Å². The van der Waals surface area contributed by atoms with E-state index in [-0.39, 0.29) is 0 Å². The SMILES string of the molecule is C1=CC2=C(C1)[C@H](c1ccccc1)C[C@H]2c1ccccc1. The molecule has 0 N–H and O–H groups in total. The van der Waals surface area contributed by atoms with Crippen LogP contribution in [0.5, 0.6) is 0 Å². The van der Waals surface area contributed by atoms with Gasteiger partial charge in [0.15, 0.2) is 0 Å². The Bertz CT molecular complexity index is 662. The van der Waals surface area contributed by atoms with E-state index < -0.39 is 0 Å². The molecule has 20 heavy (non-hydrogen) atoms. The fourth-order valence-corrected chi connectivity index (χ4v) is 3.75. The van der Waals surface area contributed by atoms with Gasteiger partial charge in [-0.1, -0.05) is 78.4 Å². The maximum absolute atomic E-state index is 2.36. The second-order valence-corrected chi connectivity index (χ2v) is 5.75. The van der Waals surface area contributed by atoms with Crippen molar-refractivity contribution in [3.8, 4) is 0 Å². The molecule has 0 saturated carbocycles. The minimum absolute atomic E-state index is 0.579. The Morgan fingerprint density at radius 2 is 1.30 bits per heavy atom. The summed E-state index contributed by atoms with van der Waals surface area (Å²) in [6.07, 6.45) is 7.05. The maximum atomic E-state index is 2.36. The predicted octanol–water partition coefficient (Wildman–Crippen LogP) is 5.21. The molecule has 2 aliphatic rings. The molecule has 0 unspecified atom stereocenters. The molecule has 0 radical (unpaired) electrons. The van der Waals surface area contributed by atoms with Crippen LogP contribution in [0.15, 0.2) is 84.0 Å². The standard InChI is InChI=1S/C20H18/c1-3-8-15(9-4-1)19-14-20(16-10-5-2-6-11-16)18-13-7-12-17(18)19/h1-12,19-20H,13-14H2/t19-,20-/m0/s1. The molecule has 0 heterocycles. The molecule has 0 spiro atoms. The second-order valence-electron chi connectivity index (χ2n) is 5.75. The third-order valence-electron chi connectivity index (χ3n) is 4.68. The third-order valence-corrected chi connectivity index (χ3v) is 4.68. The van der Waals surface area contributed by atoms with Crippen molar-refractivity contribution >= 4 is 0 Å². The van der Waals surface area contributed by atoms with Gasteiger partial charge in [0, 0.05) is 11.8 Å². The lowest BCUT2D eigenvalue weighted by Gasteiger charge is -2.16. The van der Waals surface area contributed by atoms with E-state index >= 15 is 0 Å². The average molecular weight is 258 g/mol. The van der Waals surface area contributed by atoms with Crippen LogP contribution in [0, 0.1) is 0 Å². The number of allylic oxidation sites excluding steroid dienone is 4. The molecule has 4 rings (SSSR count). The molecular weight excluding hydrogens is 240 g/mol. The van der Waals surface area contributed by atoms with Crippen molar-refractivity contribution < 1.29 is 0 Å². The molecule has 2 aliphatic carbocycles. The topological polar surface area (TPSA) is 0 Å². The molecule has 2 aromatic carbocycles. The van der Waals surface area contributed by atoms with E-state index in [0.717, 1.165) is 6.42 Å². The first-order valence-electron chi connectivity index (χ1n) is 7.43. The highest BCUT2D eigenvalue weighted by atomic mass is 14.4. The summed E-state index contributed by atoms with van der Waals surface area (Å²) < 4.78 is 0.